The van der Waals surface area contributed by atoms with Crippen molar-refractivity contribution >= 4 is 33.4 Å². The molecule has 0 fully saturated rings. The van der Waals surface area contributed by atoms with Gasteiger partial charge in [0.2, 0.25) is 0 Å². The number of ether oxygens (including phenoxy) is 1. The number of amides is 2. The number of halogens is 1. The molecule has 0 spiro atoms. The molecule has 2 amide bonds. The predicted octanol–water partition coefficient (Wildman–Crippen LogP) is 2.19. The Morgan fingerprint density at radius 1 is 1.15 bits per heavy atom. The van der Waals surface area contributed by atoms with Gasteiger partial charge in [-0.05, 0) is 49.1 Å². The molecule has 0 saturated carbocycles. The fourth-order valence-electron chi connectivity index (χ4n) is 3.93. The van der Waals surface area contributed by atoms with Gasteiger partial charge in [-0.15, -0.1) is 11.3 Å². The van der Waals surface area contributed by atoms with Crippen LogP contribution in [0.5, 0.6) is 5.75 Å². The number of nitrogens with one attached hydrogen (secondary N) is 1. The first-order valence-electron chi connectivity index (χ1n) is 12.7. The molecule has 0 aliphatic rings. The molecule has 0 bridgehead atoms. The third kappa shape index (κ3) is 8.53. The van der Waals surface area contributed by atoms with Crippen LogP contribution in [0.25, 0.3) is 0 Å². The number of nitrogens with zero attached hydrogens (tertiary/aromatic N) is 3. The van der Waals surface area contributed by atoms with E-state index in [9.17, 15) is 27.5 Å². The van der Waals surface area contributed by atoms with Gasteiger partial charge in [-0.2, -0.15) is 12.7 Å². The highest BCUT2D eigenvalue weighted by Gasteiger charge is 2.27. The summed E-state index contributed by atoms with van der Waals surface area (Å²) in [6.45, 7) is 1.05. The highest BCUT2D eigenvalue weighted by atomic mass is 32.2. The average Bonchev–Trinajstić information content (AvgIpc) is 3.32. The van der Waals surface area contributed by atoms with Gasteiger partial charge < -0.3 is 19.8 Å². The summed E-state index contributed by atoms with van der Waals surface area (Å²) in [7, 11) is -1.49. The van der Waals surface area contributed by atoms with Crippen LogP contribution in [0, 0.1) is 12.7 Å². The molecular formula is C27H33FN4O7S2. The van der Waals surface area contributed by atoms with Crippen LogP contribution in [0.4, 0.5) is 4.39 Å². The SMILES string of the molecule is COc1ccc([C@@H](O)C(=O)N(CCCc2ccccc2F)Cc2nc(C(=O)NS(=O)(=O)N(C)CCO)c(C)s2)cc1. The molecule has 3 N–H and O–H groups in total. The molecule has 14 heteroatoms. The van der Waals surface area contributed by atoms with Crippen molar-refractivity contribution in [2.75, 3.05) is 33.9 Å². The summed E-state index contributed by atoms with van der Waals surface area (Å²) in [6, 6.07) is 12.7. The molecule has 1 aromatic heterocycles. The van der Waals surface area contributed by atoms with Gasteiger partial charge in [0.25, 0.3) is 11.8 Å². The Balaban J connectivity index is 1.80. The zero-order valence-corrected chi connectivity index (χ0v) is 24.5. The fourth-order valence-corrected chi connectivity index (χ4v) is 5.68. The molecule has 0 radical (unpaired) electrons. The zero-order chi connectivity index (χ0) is 30.2. The first-order valence-corrected chi connectivity index (χ1v) is 14.9. The van der Waals surface area contributed by atoms with E-state index < -0.39 is 34.7 Å². The molecule has 1 heterocycles. The van der Waals surface area contributed by atoms with Crippen LogP contribution in [0.2, 0.25) is 0 Å². The van der Waals surface area contributed by atoms with Crippen molar-refractivity contribution in [2.45, 2.75) is 32.4 Å². The van der Waals surface area contributed by atoms with Gasteiger partial charge in [-0.1, -0.05) is 30.3 Å². The van der Waals surface area contributed by atoms with Crippen molar-refractivity contribution in [2.24, 2.45) is 0 Å². The highest BCUT2D eigenvalue weighted by molar-refractivity contribution is 7.87. The predicted molar refractivity (Wildman–Crippen MR) is 151 cm³/mol. The maximum Gasteiger partial charge on any atom is 0.303 e. The smallest absolute Gasteiger partial charge is 0.303 e. The number of rotatable bonds is 14. The summed E-state index contributed by atoms with van der Waals surface area (Å²) in [5, 5.41) is 20.2. The average molecular weight is 609 g/mol. The Labute approximate surface area is 242 Å². The minimum Gasteiger partial charge on any atom is -0.497 e. The number of benzene rings is 2. The second-order valence-electron chi connectivity index (χ2n) is 9.12. The number of hydrogen-bond acceptors (Lipinski definition) is 9. The van der Waals surface area contributed by atoms with Crippen LogP contribution in [0.3, 0.4) is 0 Å². The van der Waals surface area contributed by atoms with E-state index in [1.54, 1.807) is 49.4 Å². The number of methoxy groups -OCH3 is 1. The number of aromatic nitrogens is 1. The Hall–Kier alpha value is -3.43. The summed E-state index contributed by atoms with van der Waals surface area (Å²) in [4.78, 5) is 32.2. The van der Waals surface area contributed by atoms with E-state index in [0.29, 0.717) is 39.6 Å². The third-order valence-electron chi connectivity index (χ3n) is 6.24. The number of hydrogen-bond donors (Lipinski definition) is 3. The Bertz CT molecular complexity index is 1450. The number of carbonyl (C=O) groups is 2. The molecule has 0 aliphatic carbocycles. The van der Waals surface area contributed by atoms with Crippen LogP contribution in [0.1, 0.15) is 44.0 Å². The minimum atomic E-state index is -4.20. The van der Waals surface area contributed by atoms with Gasteiger partial charge in [0, 0.05) is 25.0 Å². The van der Waals surface area contributed by atoms with Gasteiger partial charge in [-0.25, -0.2) is 14.1 Å². The van der Waals surface area contributed by atoms with E-state index in [2.05, 4.69) is 4.98 Å². The number of aliphatic hydroxyl groups is 2. The maximum atomic E-state index is 14.1. The molecule has 3 rings (SSSR count). The summed E-state index contributed by atoms with van der Waals surface area (Å²) in [6.07, 6.45) is -0.765. The normalized spacial score (nSPS) is 12.3. The molecular weight excluding hydrogens is 575 g/mol. The molecule has 1 atom stereocenters. The van der Waals surface area contributed by atoms with Crippen LogP contribution in [0.15, 0.2) is 48.5 Å². The van der Waals surface area contributed by atoms with Gasteiger partial charge in [0.05, 0.1) is 20.3 Å². The minimum absolute atomic E-state index is 0.0702. The molecule has 41 heavy (non-hydrogen) atoms. The third-order valence-corrected chi connectivity index (χ3v) is 8.64. The summed E-state index contributed by atoms with van der Waals surface area (Å²) in [5.74, 6) is -1.36. The van der Waals surface area contributed by atoms with Gasteiger partial charge in [0.15, 0.2) is 6.10 Å². The second-order valence-corrected chi connectivity index (χ2v) is 12.2. The summed E-state index contributed by atoms with van der Waals surface area (Å²) >= 11 is 1.11. The lowest BCUT2D eigenvalue weighted by molar-refractivity contribution is -0.141. The van der Waals surface area contributed by atoms with Crippen molar-refractivity contribution < 1.29 is 37.3 Å². The molecule has 222 valence electrons. The van der Waals surface area contributed by atoms with Gasteiger partial charge >= 0.3 is 10.2 Å². The standard InChI is InChI=1S/C27H33FN4O7S2/c1-18-24(26(35)30-41(37,38)31(2)15-16-33)29-23(40-18)17-32(14-6-8-19-7-4-5-9-22(19)28)27(36)25(34)20-10-12-21(39-3)13-11-20/h4-5,7,9-13,25,33-34H,6,8,14-17H2,1-3H3,(H,30,35)/t25-/m1/s1. The Morgan fingerprint density at radius 2 is 1.83 bits per heavy atom. The highest BCUT2D eigenvalue weighted by Crippen LogP contribution is 2.24. The zero-order valence-electron chi connectivity index (χ0n) is 22.9. The van der Waals surface area contributed by atoms with Gasteiger partial charge in [-0.3, -0.25) is 9.59 Å². The quantitative estimate of drug-likeness (QED) is 0.252. The molecule has 11 nitrogen and oxygen atoms in total. The molecule has 0 aliphatic heterocycles. The molecule has 0 saturated heterocycles. The van der Waals surface area contributed by atoms with Crippen LogP contribution < -0.4 is 9.46 Å². The number of likely N-dealkylation sites (N-methyl/N-ethyl adjacent to an activating group) is 1. The first-order chi connectivity index (χ1) is 19.5. The van der Waals surface area contributed by atoms with Crippen molar-refractivity contribution in [3.05, 3.63) is 81.1 Å². The Kier molecular flexibility index (Phi) is 11.3. The monoisotopic (exact) mass is 608 g/mol. The number of aryl methyl sites for hydroxylation is 2. The van der Waals surface area contributed by atoms with Crippen molar-refractivity contribution in [3.8, 4) is 5.75 Å². The Morgan fingerprint density at radius 3 is 2.46 bits per heavy atom. The largest absolute Gasteiger partial charge is 0.497 e. The number of carbonyl (C=O) groups excluding carboxylic acids is 2. The summed E-state index contributed by atoms with van der Waals surface area (Å²) < 4.78 is 46.7. The van der Waals surface area contributed by atoms with Crippen LogP contribution in [-0.4, -0.2) is 78.5 Å². The van der Waals surface area contributed by atoms with Gasteiger partial charge in [0.1, 0.15) is 22.3 Å². The first kappa shape index (κ1) is 32.1. The van der Waals surface area contributed by atoms with E-state index in [-0.39, 0.29) is 31.1 Å². The van der Waals surface area contributed by atoms with Crippen LogP contribution >= 0.6 is 11.3 Å². The van der Waals surface area contributed by atoms with E-state index in [1.165, 1.54) is 25.1 Å². The van der Waals surface area contributed by atoms with E-state index in [1.807, 2.05) is 4.72 Å². The molecule has 2 aromatic carbocycles. The molecule has 3 aromatic rings. The van der Waals surface area contributed by atoms with Crippen molar-refractivity contribution in [3.63, 3.8) is 0 Å². The fraction of sp³-hybridized carbons (Fsp3) is 0.370. The van der Waals surface area contributed by atoms with E-state index >= 15 is 0 Å². The number of thiazole rings is 1. The topological polar surface area (TPSA) is 149 Å². The summed E-state index contributed by atoms with van der Waals surface area (Å²) in [5.41, 5.74) is 0.718. The van der Waals surface area contributed by atoms with E-state index in [0.717, 1.165) is 15.6 Å². The lowest BCUT2D eigenvalue weighted by Gasteiger charge is -2.25. The lowest BCUT2D eigenvalue weighted by Crippen LogP contribution is -2.42. The maximum absolute atomic E-state index is 14.1. The number of aliphatic hydroxyl groups excluding tert-OH is 2. The van der Waals surface area contributed by atoms with Crippen molar-refractivity contribution in [1.29, 1.82) is 0 Å². The van der Waals surface area contributed by atoms with E-state index in [4.69, 9.17) is 9.84 Å². The van der Waals surface area contributed by atoms with Crippen LogP contribution in [-0.2, 0) is 28.0 Å². The second kappa shape index (κ2) is 14.5. The van der Waals surface area contributed by atoms with Crippen molar-refractivity contribution in [1.82, 2.24) is 18.9 Å². The lowest BCUT2D eigenvalue weighted by atomic mass is 10.1. The molecule has 0 unspecified atom stereocenters.